The van der Waals surface area contributed by atoms with Gasteiger partial charge in [-0.3, -0.25) is 14.9 Å². The zero-order chi connectivity index (χ0) is 19.3. The first-order valence-electron chi connectivity index (χ1n) is 7.55. The van der Waals surface area contributed by atoms with Crippen LogP contribution in [0.3, 0.4) is 0 Å². The number of hydrogen-bond acceptors (Lipinski definition) is 6. The van der Waals surface area contributed by atoms with Crippen molar-refractivity contribution in [1.82, 2.24) is 5.32 Å². The monoisotopic (exact) mass is 377 g/mol. The Labute approximate surface area is 154 Å². The Morgan fingerprint density at radius 2 is 2.00 bits per heavy atom. The predicted molar refractivity (Wildman–Crippen MR) is 95.7 cm³/mol. The number of benzene rings is 2. The van der Waals surface area contributed by atoms with Crippen LogP contribution in [0, 0.1) is 10.1 Å². The molecule has 1 amide bonds. The minimum absolute atomic E-state index is 0.0178. The Kier molecular flexibility index (Phi) is 6.13. The maximum Gasteiger partial charge on any atom is 0.341 e. The number of amides is 1. The number of hydrogen-bond donors (Lipinski definition) is 2. The molecule has 0 spiro atoms. The van der Waals surface area contributed by atoms with Crippen molar-refractivity contribution >= 4 is 34.9 Å². The van der Waals surface area contributed by atoms with Crippen LogP contribution in [0.25, 0.3) is 0 Å². The molecule has 0 heterocycles. The van der Waals surface area contributed by atoms with Crippen molar-refractivity contribution in [2.24, 2.45) is 0 Å². The maximum atomic E-state index is 12.2. The SMILES string of the molecule is C[C@@H](OC(=O)c1cc([N+](=O)[O-])ccc1N)C(=O)NCc1ccccc1Cl. The topological polar surface area (TPSA) is 125 Å². The van der Waals surface area contributed by atoms with Crippen molar-refractivity contribution in [3.8, 4) is 0 Å². The van der Waals surface area contributed by atoms with Crippen molar-refractivity contribution in [3.63, 3.8) is 0 Å². The van der Waals surface area contributed by atoms with E-state index in [-0.39, 0.29) is 23.5 Å². The van der Waals surface area contributed by atoms with Crippen LogP contribution in [0.2, 0.25) is 5.02 Å². The molecule has 0 bridgehead atoms. The third kappa shape index (κ3) is 4.70. The van der Waals surface area contributed by atoms with Gasteiger partial charge in [-0.2, -0.15) is 0 Å². The Hall–Kier alpha value is -3.13. The summed E-state index contributed by atoms with van der Waals surface area (Å²) in [5.74, 6) is -1.46. The molecule has 0 aromatic heterocycles. The molecule has 0 fully saturated rings. The minimum Gasteiger partial charge on any atom is -0.449 e. The van der Waals surface area contributed by atoms with Gasteiger partial charge in [-0.15, -0.1) is 0 Å². The molecule has 9 heteroatoms. The maximum absolute atomic E-state index is 12.2. The lowest BCUT2D eigenvalue weighted by molar-refractivity contribution is -0.384. The lowest BCUT2D eigenvalue weighted by atomic mass is 10.1. The number of anilines is 1. The van der Waals surface area contributed by atoms with E-state index in [2.05, 4.69) is 5.32 Å². The van der Waals surface area contributed by atoms with Crippen LogP contribution in [0.4, 0.5) is 11.4 Å². The zero-order valence-electron chi connectivity index (χ0n) is 13.8. The number of rotatable bonds is 6. The molecule has 0 aliphatic rings. The Balaban J connectivity index is 2.00. The summed E-state index contributed by atoms with van der Waals surface area (Å²) in [5, 5.41) is 13.9. The summed E-state index contributed by atoms with van der Waals surface area (Å²) in [6.45, 7) is 1.55. The number of carbonyl (C=O) groups excluding carboxylic acids is 2. The summed E-state index contributed by atoms with van der Waals surface area (Å²) in [5.41, 5.74) is 5.91. The van der Waals surface area contributed by atoms with Gasteiger partial charge in [0.05, 0.1) is 10.5 Å². The van der Waals surface area contributed by atoms with Crippen molar-refractivity contribution in [2.45, 2.75) is 19.6 Å². The fourth-order valence-corrected chi connectivity index (χ4v) is 2.28. The molecule has 26 heavy (non-hydrogen) atoms. The number of esters is 1. The molecular formula is C17H16ClN3O5. The number of halogens is 1. The summed E-state index contributed by atoms with van der Waals surface area (Å²) >= 11 is 6.00. The van der Waals surface area contributed by atoms with E-state index < -0.39 is 22.9 Å². The number of non-ortho nitro benzene ring substituents is 1. The van der Waals surface area contributed by atoms with Crippen LogP contribution in [0.15, 0.2) is 42.5 Å². The first-order valence-corrected chi connectivity index (χ1v) is 7.93. The van der Waals surface area contributed by atoms with Gasteiger partial charge in [-0.05, 0) is 24.6 Å². The summed E-state index contributed by atoms with van der Waals surface area (Å²) < 4.78 is 5.05. The molecule has 2 aromatic carbocycles. The van der Waals surface area contributed by atoms with Gasteiger partial charge < -0.3 is 15.8 Å². The second-order valence-electron chi connectivity index (χ2n) is 5.39. The zero-order valence-corrected chi connectivity index (χ0v) is 14.5. The van der Waals surface area contributed by atoms with E-state index in [1.165, 1.54) is 19.1 Å². The second kappa shape index (κ2) is 8.30. The van der Waals surface area contributed by atoms with E-state index in [0.29, 0.717) is 10.6 Å². The Morgan fingerprint density at radius 3 is 2.65 bits per heavy atom. The van der Waals surface area contributed by atoms with E-state index in [0.717, 1.165) is 6.07 Å². The first-order chi connectivity index (χ1) is 12.3. The number of nitrogens with one attached hydrogen (secondary N) is 1. The number of nitro groups is 1. The lowest BCUT2D eigenvalue weighted by Crippen LogP contribution is -2.35. The molecule has 8 nitrogen and oxygen atoms in total. The first kappa shape index (κ1) is 19.2. The highest BCUT2D eigenvalue weighted by Gasteiger charge is 2.22. The normalized spacial score (nSPS) is 11.5. The van der Waals surface area contributed by atoms with Gasteiger partial charge in [0.25, 0.3) is 11.6 Å². The third-order valence-corrected chi connectivity index (χ3v) is 3.90. The van der Waals surface area contributed by atoms with Gasteiger partial charge >= 0.3 is 5.97 Å². The smallest absolute Gasteiger partial charge is 0.341 e. The number of carbonyl (C=O) groups is 2. The molecule has 0 unspecified atom stereocenters. The molecule has 136 valence electrons. The quantitative estimate of drug-likeness (QED) is 0.345. The van der Waals surface area contributed by atoms with Crippen molar-refractivity contribution in [1.29, 1.82) is 0 Å². The van der Waals surface area contributed by atoms with E-state index in [1.54, 1.807) is 24.3 Å². The van der Waals surface area contributed by atoms with Crippen LogP contribution < -0.4 is 11.1 Å². The number of nitrogens with zero attached hydrogens (tertiary/aromatic N) is 1. The second-order valence-corrected chi connectivity index (χ2v) is 5.79. The fraction of sp³-hybridized carbons (Fsp3) is 0.176. The molecular weight excluding hydrogens is 362 g/mol. The van der Waals surface area contributed by atoms with Crippen molar-refractivity contribution in [3.05, 3.63) is 68.7 Å². The van der Waals surface area contributed by atoms with Crippen LogP contribution in [-0.2, 0) is 16.1 Å². The number of nitrogens with two attached hydrogens (primary N) is 1. The average molecular weight is 378 g/mol. The molecule has 0 saturated heterocycles. The summed E-state index contributed by atoms with van der Waals surface area (Å²) in [6.07, 6.45) is -1.12. The van der Waals surface area contributed by atoms with Crippen LogP contribution in [-0.4, -0.2) is 22.9 Å². The summed E-state index contributed by atoms with van der Waals surface area (Å²) in [6, 6.07) is 10.4. The number of ether oxygens (including phenoxy) is 1. The van der Waals surface area contributed by atoms with Crippen molar-refractivity contribution in [2.75, 3.05) is 5.73 Å². The highest BCUT2D eigenvalue weighted by atomic mass is 35.5. The minimum atomic E-state index is -1.12. The predicted octanol–water partition coefficient (Wildman–Crippen LogP) is 2.69. The van der Waals surface area contributed by atoms with Gasteiger partial charge in [-0.25, -0.2) is 4.79 Å². The molecule has 0 radical (unpaired) electrons. The molecule has 2 rings (SSSR count). The van der Waals surface area contributed by atoms with Gasteiger partial charge in [0.2, 0.25) is 0 Å². The van der Waals surface area contributed by atoms with Gasteiger partial charge in [-0.1, -0.05) is 29.8 Å². The fourth-order valence-electron chi connectivity index (χ4n) is 2.08. The highest BCUT2D eigenvalue weighted by molar-refractivity contribution is 6.31. The van der Waals surface area contributed by atoms with Gasteiger partial charge in [0, 0.05) is 29.4 Å². The summed E-state index contributed by atoms with van der Waals surface area (Å²) in [7, 11) is 0. The standard InChI is InChI=1S/C17H16ClN3O5/c1-10(16(22)20-9-11-4-2-3-5-14(11)18)26-17(23)13-8-12(21(24)25)6-7-15(13)19/h2-8,10H,9,19H2,1H3,(H,20,22)/t10-/m1/s1. The van der Waals surface area contributed by atoms with E-state index >= 15 is 0 Å². The molecule has 3 N–H and O–H groups in total. The molecule has 0 aliphatic carbocycles. The van der Waals surface area contributed by atoms with Gasteiger partial charge in [0.1, 0.15) is 0 Å². The summed E-state index contributed by atoms with van der Waals surface area (Å²) in [4.78, 5) is 34.4. The number of nitrogen functional groups attached to an aromatic ring is 1. The molecule has 0 saturated carbocycles. The Morgan fingerprint density at radius 1 is 1.31 bits per heavy atom. The van der Waals surface area contributed by atoms with Gasteiger partial charge in [0.15, 0.2) is 6.10 Å². The van der Waals surface area contributed by atoms with Crippen LogP contribution in [0.1, 0.15) is 22.8 Å². The molecule has 2 aromatic rings. The van der Waals surface area contributed by atoms with Crippen LogP contribution >= 0.6 is 11.6 Å². The highest BCUT2D eigenvalue weighted by Crippen LogP contribution is 2.21. The average Bonchev–Trinajstić information content (AvgIpc) is 2.60. The van der Waals surface area contributed by atoms with E-state index in [4.69, 9.17) is 22.1 Å². The third-order valence-electron chi connectivity index (χ3n) is 3.53. The number of nitro benzene ring substituents is 1. The van der Waals surface area contributed by atoms with Crippen LogP contribution in [0.5, 0.6) is 0 Å². The van der Waals surface area contributed by atoms with Crippen molar-refractivity contribution < 1.29 is 19.2 Å². The van der Waals surface area contributed by atoms with E-state index in [1.807, 2.05) is 0 Å². The molecule has 1 atom stereocenters. The Bertz CT molecular complexity index is 856. The molecule has 0 aliphatic heterocycles. The lowest BCUT2D eigenvalue weighted by Gasteiger charge is -2.14. The van der Waals surface area contributed by atoms with E-state index in [9.17, 15) is 19.7 Å². The largest absolute Gasteiger partial charge is 0.449 e.